The van der Waals surface area contributed by atoms with Gasteiger partial charge in [0.25, 0.3) is 5.69 Å². The number of amides is 1. The number of aryl methyl sites for hydroxylation is 2. The molecule has 0 bridgehead atoms. The van der Waals surface area contributed by atoms with Gasteiger partial charge in [-0.3, -0.25) is 14.9 Å². The van der Waals surface area contributed by atoms with Gasteiger partial charge < -0.3 is 9.80 Å². The van der Waals surface area contributed by atoms with Crippen molar-refractivity contribution in [2.75, 3.05) is 31.1 Å². The molecule has 2 heterocycles. The lowest BCUT2D eigenvalue weighted by molar-refractivity contribution is -0.385. The maximum Gasteiger partial charge on any atom is 0.287 e. The van der Waals surface area contributed by atoms with Crippen LogP contribution in [0.15, 0.2) is 42.6 Å². The number of carbonyl (C=O) groups is 1. The summed E-state index contributed by atoms with van der Waals surface area (Å²) in [7, 11) is 0. The monoisotopic (exact) mass is 368 g/mol. The van der Waals surface area contributed by atoms with E-state index in [-0.39, 0.29) is 11.6 Å². The van der Waals surface area contributed by atoms with Crippen LogP contribution >= 0.6 is 0 Å². The van der Waals surface area contributed by atoms with E-state index in [4.69, 9.17) is 0 Å². The smallest absolute Gasteiger partial charge is 0.287 e. The molecule has 0 aliphatic carbocycles. The third-order valence-electron chi connectivity index (χ3n) is 4.86. The van der Waals surface area contributed by atoms with Crippen LogP contribution in [0.5, 0.6) is 0 Å². The number of anilines is 1. The van der Waals surface area contributed by atoms with Gasteiger partial charge in [0.05, 0.1) is 4.92 Å². The van der Waals surface area contributed by atoms with Crippen LogP contribution in [0.25, 0.3) is 0 Å². The molecule has 0 unspecified atom stereocenters. The van der Waals surface area contributed by atoms with Crippen LogP contribution < -0.4 is 4.90 Å². The van der Waals surface area contributed by atoms with Crippen molar-refractivity contribution in [1.29, 1.82) is 0 Å². The summed E-state index contributed by atoms with van der Waals surface area (Å²) in [6, 6.07) is 11.4. The van der Waals surface area contributed by atoms with Gasteiger partial charge in [0.15, 0.2) is 0 Å². The van der Waals surface area contributed by atoms with Gasteiger partial charge in [-0.25, -0.2) is 4.98 Å². The maximum atomic E-state index is 12.6. The van der Waals surface area contributed by atoms with Crippen molar-refractivity contribution >= 4 is 17.4 Å². The van der Waals surface area contributed by atoms with E-state index in [0.717, 1.165) is 31.7 Å². The van der Waals surface area contributed by atoms with Crippen molar-refractivity contribution in [3.05, 3.63) is 63.8 Å². The zero-order valence-corrected chi connectivity index (χ0v) is 15.5. The molecule has 7 nitrogen and oxygen atoms in total. The van der Waals surface area contributed by atoms with Gasteiger partial charge >= 0.3 is 0 Å². The normalized spacial score (nSPS) is 14.7. The molecular formula is C20H24N4O3. The van der Waals surface area contributed by atoms with Crippen molar-refractivity contribution in [2.45, 2.75) is 26.2 Å². The molecule has 1 aromatic carbocycles. The van der Waals surface area contributed by atoms with Crippen LogP contribution in [-0.4, -0.2) is 46.9 Å². The Morgan fingerprint density at radius 1 is 1.11 bits per heavy atom. The lowest BCUT2D eigenvalue weighted by Gasteiger charge is -2.22. The quantitative estimate of drug-likeness (QED) is 0.599. The third-order valence-corrected chi connectivity index (χ3v) is 4.86. The van der Waals surface area contributed by atoms with Gasteiger partial charge in [-0.05, 0) is 31.4 Å². The minimum atomic E-state index is -0.451. The first kappa shape index (κ1) is 18.8. The molecule has 142 valence electrons. The third kappa shape index (κ3) is 5.03. The lowest BCUT2D eigenvalue weighted by Crippen LogP contribution is -2.35. The summed E-state index contributed by atoms with van der Waals surface area (Å²) in [6.07, 6.45) is 3.40. The Balaban J connectivity index is 1.53. The number of nitro groups is 1. The summed E-state index contributed by atoms with van der Waals surface area (Å²) in [4.78, 5) is 31.1. The molecule has 3 rings (SSSR count). The van der Waals surface area contributed by atoms with E-state index in [1.807, 2.05) is 4.90 Å². The molecule has 0 saturated carbocycles. The highest BCUT2D eigenvalue weighted by molar-refractivity contribution is 5.76. The number of benzene rings is 1. The van der Waals surface area contributed by atoms with Crippen LogP contribution in [0.1, 0.15) is 24.0 Å². The van der Waals surface area contributed by atoms with E-state index in [1.54, 1.807) is 6.07 Å². The minimum absolute atomic E-state index is 0.0125. The van der Waals surface area contributed by atoms with Crippen LogP contribution in [0.4, 0.5) is 11.5 Å². The molecule has 0 radical (unpaired) electrons. The Bertz CT molecular complexity index is 790. The molecule has 0 atom stereocenters. The van der Waals surface area contributed by atoms with E-state index in [2.05, 4.69) is 41.1 Å². The molecule has 1 aliphatic rings. The molecule has 27 heavy (non-hydrogen) atoms. The second-order valence-electron chi connectivity index (χ2n) is 6.84. The number of rotatable bonds is 5. The first-order valence-corrected chi connectivity index (χ1v) is 9.21. The Labute approximate surface area is 158 Å². The molecule has 1 saturated heterocycles. The fraction of sp³-hybridized carbons (Fsp3) is 0.400. The number of pyridine rings is 1. The highest BCUT2D eigenvalue weighted by Crippen LogP contribution is 2.18. The van der Waals surface area contributed by atoms with Crippen molar-refractivity contribution < 1.29 is 9.72 Å². The minimum Gasteiger partial charge on any atom is -0.355 e. The highest BCUT2D eigenvalue weighted by atomic mass is 16.6. The molecular weight excluding hydrogens is 344 g/mol. The standard InChI is InChI=1S/C20H24N4O3/c1-16-3-5-17(6-4-16)7-10-20(25)23-12-2-11-22(13-14-23)19-9-8-18(15-21-19)24(26)27/h3-6,8-9,15H,2,7,10-14H2,1H3. The first-order chi connectivity index (χ1) is 13.0. The molecule has 1 aliphatic heterocycles. The predicted molar refractivity (Wildman–Crippen MR) is 104 cm³/mol. The van der Waals surface area contributed by atoms with E-state index in [0.29, 0.717) is 19.5 Å². The van der Waals surface area contributed by atoms with Gasteiger partial charge in [-0.2, -0.15) is 0 Å². The summed E-state index contributed by atoms with van der Waals surface area (Å²) in [5, 5.41) is 10.7. The van der Waals surface area contributed by atoms with Crippen LogP contribution in [0.2, 0.25) is 0 Å². The van der Waals surface area contributed by atoms with Crippen molar-refractivity contribution in [2.24, 2.45) is 0 Å². The lowest BCUT2D eigenvalue weighted by atomic mass is 10.1. The zero-order valence-electron chi connectivity index (χ0n) is 15.5. The van der Waals surface area contributed by atoms with Gasteiger partial charge in [0, 0.05) is 38.7 Å². The maximum absolute atomic E-state index is 12.6. The van der Waals surface area contributed by atoms with E-state index < -0.39 is 4.92 Å². The average Bonchev–Trinajstić information content (AvgIpc) is 2.94. The van der Waals surface area contributed by atoms with Crippen molar-refractivity contribution in [1.82, 2.24) is 9.88 Å². The molecule has 7 heteroatoms. The second kappa shape index (κ2) is 8.62. The molecule has 1 amide bonds. The van der Waals surface area contributed by atoms with Crippen LogP contribution in [0, 0.1) is 17.0 Å². The van der Waals surface area contributed by atoms with Gasteiger partial charge in [0.1, 0.15) is 12.0 Å². The average molecular weight is 368 g/mol. The molecule has 2 aromatic rings. The van der Waals surface area contributed by atoms with E-state index in [9.17, 15) is 14.9 Å². The van der Waals surface area contributed by atoms with Crippen LogP contribution in [0.3, 0.4) is 0 Å². The number of nitrogens with zero attached hydrogens (tertiary/aromatic N) is 4. The summed E-state index contributed by atoms with van der Waals surface area (Å²) < 4.78 is 0. The number of carbonyl (C=O) groups excluding carboxylic acids is 1. The molecule has 1 aromatic heterocycles. The number of hydrogen-bond donors (Lipinski definition) is 0. The molecule has 0 N–H and O–H groups in total. The predicted octanol–water partition coefficient (Wildman–Crippen LogP) is 2.97. The highest BCUT2D eigenvalue weighted by Gasteiger charge is 2.20. The zero-order chi connectivity index (χ0) is 19.2. The Morgan fingerprint density at radius 2 is 1.89 bits per heavy atom. The van der Waals surface area contributed by atoms with Crippen molar-refractivity contribution in [3.8, 4) is 0 Å². The number of aromatic nitrogens is 1. The van der Waals surface area contributed by atoms with E-state index in [1.165, 1.54) is 23.4 Å². The topological polar surface area (TPSA) is 79.6 Å². The first-order valence-electron chi connectivity index (χ1n) is 9.21. The largest absolute Gasteiger partial charge is 0.355 e. The Kier molecular flexibility index (Phi) is 6.01. The number of hydrogen-bond acceptors (Lipinski definition) is 5. The summed E-state index contributed by atoms with van der Waals surface area (Å²) in [6.45, 7) is 4.90. The second-order valence-corrected chi connectivity index (χ2v) is 6.84. The summed E-state index contributed by atoms with van der Waals surface area (Å²) in [5.41, 5.74) is 2.39. The van der Waals surface area contributed by atoms with E-state index >= 15 is 0 Å². The summed E-state index contributed by atoms with van der Waals surface area (Å²) in [5.74, 6) is 0.892. The molecule has 1 fully saturated rings. The van der Waals surface area contributed by atoms with Gasteiger partial charge in [0.2, 0.25) is 5.91 Å². The Hall–Kier alpha value is -2.96. The van der Waals surface area contributed by atoms with Gasteiger partial charge in [-0.1, -0.05) is 29.8 Å². The summed E-state index contributed by atoms with van der Waals surface area (Å²) >= 11 is 0. The van der Waals surface area contributed by atoms with Crippen molar-refractivity contribution in [3.63, 3.8) is 0 Å². The SMILES string of the molecule is Cc1ccc(CCC(=O)N2CCCN(c3ccc([N+](=O)[O-])cn3)CC2)cc1. The van der Waals surface area contributed by atoms with Crippen LogP contribution in [-0.2, 0) is 11.2 Å². The fourth-order valence-electron chi connectivity index (χ4n) is 3.23. The molecule has 0 spiro atoms. The fourth-order valence-corrected chi connectivity index (χ4v) is 3.23. The van der Waals surface area contributed by atoms with Gasteiger partial charge in [-0.15, -0.1) is 0 Å². The Morgan fingerprint density at radius 3 is 2.56 bits per heavy atom.